The average molecular weight is 176 g/mol. The third-order valence-corrected chi connectivity index (χ3v) is 1.45. The van der Waals surface area contributed by atoms with E-state index in [0.29, 0.717) is 5.33 Å². The molecule has 0 spiro atoms. The summed E-state index contributed by atoms with van der Waals surface area (Å²) in [5.41, 5.74) is 0. The Labute approximate surface area is 58.6 Å². The van der Waals surface area contributed by atoms with E-state index in [0.717, 1.165) is 0 Å². The van der Waals surface area contributed by atoms with Crippen molar-refractivity contribution in [2.24, 2.45) is 0 Å². The fourth-order valence-corrected chi connectivity index (χ4v) is 0.550. The van der Waals surface area contributed by atoms with E-state index in [1.54, 1.807) is 7.05 Å². The second kappa shape index (κ2) is 3.95. The molecule has 0 rings (SSSR count). The van der Waals surface area contributed by atoms with E-state index in [-0.39, 0.29) is 5.91 Å². The van der Waals surface area contributed by atoms with Crippen LogP contribution in [-0.4, -0.2) is 26.1 Å². The van der Waals surface area contributed by atoms with Gasteiger partial charge in [-0.25, -0.2) is 0 Å². The van der Waals surface area contributed by atoms with Crippen molar-refractivity contribution in [1.29, 1.82) is 0 Å². The number of rotatable bonds is 2. The van der Waals surface area contributed by atoms with Crippen molar-refractivity contribution in [2.45, 2.75) is 5.82 Å². The summed E-state index contributed by atoms with van der Waals surface area (Å²) in [6, 6.07) is 0. The number of alkyl halides is 1. The van der Waals surface area contributed by atoms with Gasteiger partial charge in [0, 0.05) is 18.2 Å². The Morgan fingerprint density at radius 3 is 2.62 bits per heavy atom. The molecule has 0 aromatic heterocycles. The van der Waals surface area contributed by atoms with E-state index in [9.17, 15) is 4.79 Å². The normalized spacial score (nSPS) is 12.8. The lowest BCUT2D eigenvalue weighted by atomic mass is 9.89. The molecule has 2 radical (unpaired) electrons. The summed E-state index contributed by atoms with van der Waals surface area (Å²) in [7, 11) is 6.83. The fraction of sp³-hybridized carbons (Fsp3) is 0.750. The first-order valence-corrected chi connectivity index (χ1v) is 3.37. The molecule has 1 amide bonds. The van der Waals surface area contributed by atoms with Crippen LogP contribution in [-0.2, 0) is 4.79 Å². The van der Waals surface area contributed by atoms with E-state index in [1.165, 1.54) is 0 Å². The summed E-state index contributed by atoms with van der Waals surface area (Å²) in [6.07, 6.45) is 0. The lowest BCUT2D eigenvalue weighted by molar-refractivity contribution is -0.120. The van der Waals surface area contributed by atoms with Gasteiger partial charge >= 0.3 is 0 Å². The zero-order chi connectivity index (χ0) is 6.57. The quantitative estimate of drug-likeness (QED) is 0.468. The molecule has 0 saturated carbocycles. The second-order valence-corrected chi connectivity index (χ2v) is 2.02. The first-order valence-electron chi connectivity index (χ1n) is 2.25. The van der Waals surface area contributed by atoms with Crippen LogP contribution in [0.4, 0.5) is 0 Å². The highest BCUT2D eigenvalue weighted by molar-refractivity contribution is 9.09. The van der Waals surface area contributed by atoms with Gasteiger partial charge in [-0.1, -0.05) is 15.9 Å². The molecular formula is C4H7BBrNO. The summed E-state index contributed by atoms with van der Waals surface area (Å²) < 4.78 is 0. The van der Waals surface area contributed by atoms with E-state index >= 15 is 0 Å². The lowest BCUT2D eigenvalue weighted by Crippen LogP contribution is -2.24. The topological polar surface area (TPSA) is 29.1 Å². The van der Waals surface area contributed by atoms with Gasteiger partial charge in [0.2, 0.25) is 5.91 Å². The van der Waals surface area contributed by atoms with Crippen LogP contribution in [0, 0.1) is 0 Å². The van der Waals surface area contributed by atoms with E-state index < -0.39 is 5.82 Å². The molecular weight excluding hydrogens is 169 g/mol. The molecule has 1 unspecified atom stereocenters. The van der Waals surface area contributed by atoms with Gasteiger partial charge in [-0.2, -0.15) is 0 Å². The molecule has 0 bridgehead atoms. The Morgan fingerprint density at radius 2 is 2.50 bits per heavy atom. The highest BCUT2D eigenvalue weighted by Crippen LogP contribution is 2.01. The summed E-state index contributed by atoms with van der Waals surface area (Å²) in [6.45, 7) is 0. The number of amides is 1. The highest BCUT2D eigenvalue weighted by atomic mass is 79.9. The molecule has 8 heavy (non-hydrogen) atoms. The smallest absolute Gasteiger partial charge is 0.214 e. The van der Waals surface area contributed by atoms with Crippen LogP contribution < -0.4 is 5.32 Å². The Hall–Kier alpha value is 0.0149. The predicted octanol–water partition coefficient (Wildman–Crippen LogP) is 0.0843. The molecule has 0 aromatic carbocycles. The van der Waals surface area contributed by atoms with Gasteiger partial charge in [0.1, 0.15) is 0 Å². The summed E-state index contributed by atoms with van der Waals surface area (Å²) >= 11 is 3.07. The molecule has 44 valence electrons. The van der Waals surface area contributed by atoms with Gasteiger partial charge in [-0.05, 0) is 0 Å². The zero-order valence-corrected chi connectivity index (χ0v) is 6.23. The minimum atomic E-state index is -0.417. The van der Waals surface area contributed by atoms with Crippen molar-refractivity contribution in [3.8, 4) is 0 Å². The standard InChI is InChI=1S/C4H7BBrNO/c1-7-4(8)3(5)2-6/h3H,2H2,1H3,(H,7,8). The predicted molar refractivity (Wildman–Crippen MR) is 37.4 cm³/mol. The highest BCUT2D eigenvalue weighted by Gasteiger charge is 2.06. The average Bonchev–Trinajstić information content (AvgIpc) is 1.84. The second-order valence-electron chi connectivity index (χ2n) is 1.38. The number of carbonyl (C=O) groups is 1. The van der Waals surface area contributed by atoms with Crippen molar-refractivity contribution in [2.75, 3.05) is 12.4 Å². The van der Waals surface area contributed by atoms with E-state index in [1.807, 2.05) is 0 Å². The molecule has 1 atom stereocenters. The summed E-state index contributed by atoms with van der Waals surface area (Å²) in [4.78, 5) is 10.5. The molecule has 4 heteroatoms. The van der Waals surface area contributed by atoms with Crippen molar-refractivity contribution in [3.05, 3.63) is 0 Å². The molecule has 0 saturated heterocycles. The van der Waals surface area contributed by atoms with Gasteiger partial charge < -0.3 is 5.32 Å². The van der Waals surface area contributed by atoms with Crippen LogP contribution in [0.1, 0.15) is 0 Å². The Bertz CT molecular complexity index is 88.1. The van der Waals surface area contributed by atoms with Crippen LogP contribution in [0.5, 0.6) is 0 Å². The van der Waals surface area contributed by atoms with Gasteiger partial charge in [-0.3, -0.25) is 4.79 Å². The minimum absolute atomic E-state index is 0.137. The van der Waals surface area contributed by atoms with Crippen LogP contribution in [0.3, 0.4) is 0 Å². The monoisotopic (exact) mass is 175 g/mol. The molecule has 0 aliphatic rings. The van der Waals surface area contributed by atoms with Crippen LogP contribution in [0.2, 0.25) is 5.82 Å². The number of carbonyl (C=O) groups excluding carboxylic acids is 1. The number of halogens is 1. The lowest BCUT2D eigenvalue weighted by Gasteiger charge is -2.03. The van der Waals surface area contributed by atoms with Gasteiger partial charge in [-0.15, -0.1) is 0 Å². The van der Waals surface area contributed by atoms with Crippen molar-refractivity contribution >= 4 is 29.7 Å². The first kappa shape index (κ1) is 8.01. The summed E-state index contributed by atoms with van der Waals surface area (Å²) in [5, 5.41) is 2.93. The molecule has 2 nitrogen and oxygen atoms in total. The SMILES string of the molecule is [B]C(CBr)C(=O)NC. The van der Waals surface area contributed by atoms with Crippen molar-refractivity contribution in [3.63, 3.8) is 0 Å². The Balaban J connectivity index is 3.46. The molecule has 0 aliphatic heterocycles. The van der Waals surface area contributed by atoms with Crippen LogP contribution >= 0.6 is 15.9 Å². The van der Waals surface area contributed by atoms with Crippen LogP contribution in [0.15, 0.2) is 0 Å². The van der Waals surface area contributed by atoms with Gasteiger partial charge in [0.05, 0.1) is 7.85 Å². The molecule has 0 heterocycles. The van der Waals surface area contributed by atoms with Crippen molar-refractivity contribution in [1.82, 2.24) is 5.32 Å². The molecule has 0 aromatic rings. The third kappa shape index (κ3) is 2.35. The molecule has 0 aliphatic carbocycles. The van der Waals surface area contributed by atoms with Crippen LogP contribution in [0.25, 0.3) is 0 Å². The number of hydrogen-bond donors (Lipinski definition) is 1. The maximum Gasteiger partial charge on any atom is 0.214 e. The third-order valence-electron chi connectivity index (χ3n) is 0.749. The fourth-order valence-electron chi connectivity index (χ4n) is 0.255. The Morgan fingerprint density at radius 1 is 2.00 bits per heavy atom. The largest absolute Gasteiger partial charge is 0.360 e. The summed E-state index contributed by atoms with van der Waals surface area (Å²) in [5.74, 6) is -0.554. The number of nitrogens with one attached hydrogen (secondary N) is 1. The molecule has 0 fully saturated rings. The minimum Gasteiger partial charge on any atom is -0.360 e. The van der Waals surface area contributed by atoms with E-state index in [2.05, 4.69) is 21.2 Å². The van der Waals surface area contributed by atoms with E-state index in [4.69, 9.17) is 7.85 Å². The van der Waals surface area contributed by atoms with Crippen molar-refractivity contribution < 1.29 is 4.79 Å². The van der Waals surface area contributed by atoms with Gasteiger partial charge in [0.15, 0.2) is 0 Å². The Kier molecular flexibility index (Phi) is 3.96. The zero-order valence-electron chi connectivity index (χ0n) is 4.65. The first-order chi connectivity index (χ1) is 3.72. The maximum atomic E-state index is 10.5. The molecule has 1 N–H and O–H groups in total. The maximum absolute atomic E-state index is 10.5. The van der Waals surface area contributed by atoms with Gasteiger partial charge in [0.25, 0.3) is 0 Å². The number of hydrogen-bond acceptors (Lipinski definition) is 1.